The highest BCUT2D eigenvalue weighted by Gasteiger charge is 2.45. The minimum atomic E-state index is -4.75. The fraction of sp³-hybridized carbons (Fsp3) is 0.487. The van der Waals surface area contributed by atoms with E-state index in [0.29, 0.717) is 42.9 Å². The van der Waals surface area contributed by atoms with Crippen LogP contribution in [0.1, 0.15) is 64.9 Å². The Kier molecular flexibility index (Phi) is 11.6. The number of benzene rings is 3. The lowest BCUT2D eigenvalue weighted by Crippen LogP contribution is -2.57. The lowest BCUT2D eigenvalue weighted by molar-refractivity contribution is -0.154. The predicted molar refractivity (Wildman–Crippen MR) is 198 cm³/mol. The van der Waals surface area contributed by atoms with Gasteiger partial charge in [-0.1, -0.05) is 12.5 Å². The molecule has 2 fully saturated rings. The summed E-state index contributed by atoms with van der Waals surface area (Å²) in [6.45, 7) is 3.81. The number of ether oxygens (including phenoxy) is 4. The maximum absolute atomic E-state index is 17.3. The van der Waals surface area contributed by atoms with Crippen molar-refractivity contribution in [2.75, 3.05) is 44.2 Å². The van der Waals surface area contributed by atoms with Crippen LogP contribution >= 0.6 is 0 Å². The van der Waals surface area contributed by atoms with E-state index in [4.69, 9.17) is 29.8 Å². The monoisotopic (exact) mass is 789 g/mol. The number of amides is 1. The topological polar surface area (TPSA) is 150 Å². The molecule has 3 N–H and O–H groups in total. The molecule has 0 saturated carbocycles. The standard InChI is InChI=1S/C39H44F5N5O7/c1-38(2,3)56-37(52)49-22-11-12-23(49)18-48(17-22)35-27-16-29(45)32(33(41)34(27)46-36(47-35)54-19-39(42,43)44)26-15-24(55-20-53-4)14-21-10-13-28(40)25(31(21)26)8-6-5-7-9-30(50)51/h10,13-16,22-23H,5-9,11-12,17-20,45H2,1-4H3,(H,50,51)/t22-,23+. The van der Waals surface area contributed by atoms with Crippen LogP contribution in [0, 0.1) is 11.6 Å². The number of nitrogen functional groups attached to an aromatic ring is 1. The Labute approximate surface area is 319 Å². The molecule has 0 unspecified atom stereocenters. The zero-order chi connectivity index (χ0) is 40.5. The maximum Gasteiger partial charge on any atom is 0.422 e. The number of aliphatic carboxylic acids is 1. The highest BCUT2D eigenvalue weighted by molar-refractivity contribution is 6.06. The molecule has 1 amide bonds. The third-order valence-corrected chi connectivity index (χ3v) is 9.74. The molecule has 0 spiro atoms. The summed E-state index contributed by atoms with van der Waals surface area (Å²) in [7, 11) is 1.42. The second kappa shape index (κ2) is 16.1. The number of hydrogen-bond donors (Lipinski definition) is 2. The number of piperazine rings is 1. The van der Waals surface area contributed by atoms with Gasteiger partial charge in [0.1, 0.15) is 28.5 Å². The third-order valence-electron chi connectivity index (χ3n) is 9.74. The zero-order valence-electron chi connectivity index (χ0n) is 31.5. The number of unbranched alkanes of at least 4 members (excludes halogenated alkanes) is 2. The van der Waals surface area contributed by atoms with Crippen molar-refractivity contribution in [2.45, 2.75) is 89.6 Å². The van der Waals surface area contributed by atoms with Crippen LogP contribution in [-0.2, 0) is 20.7 Å². The van der Waals surface area contributed by atoms with Gasteiger partial charge in [-0.25, -0.2) is 13.6 Å². The quantitative estimate of drug-likeness (QED) is 0.0587. The van der Waals surface area contributed by atoms with Gasteiger partial charge in [-0.2, -0.15) is 23.1 Å². The smallest absolute Gasteiger partial charge is 0.422 e. The molecule has 1 aromatic heterocycles. The second-order valence-electron chi connectivity index (χ2n) is 15.1. The molecular weight excluding hydrogens is 745 g/mol. The van der Waals surface area contributed by atoms with Crippen molar-refractivity contribution in [1.29, 1.82) is 0 Å². The van der Waals surface area contributed by atoms with Crippen molar-refractivity contribution in [2.24, 2.45) is 0 Å². The molecule has 2 saturated heterocycles. The average Bonchev–Trinajstić information content (AvgIpc) is 3.38. The molecule has 2 aliphatic heterocycles. The largest absolute Gasteiger partial charge is 0.481 e. The Bertz CT molecular complexity index is 2110. The summed E-state index contributed by atoms with van der Waals surface area (Å²) in [5.41, 5.74) is 5.63. The van der Waals surface area contributed by atoms with Gasteiger partial charge in [0.15, 0.2) is 19.2 Å². The predicted octanol–water partition coefficient (Wildman–Crippen LogP) is 8.01. The Balaban J connectivity index is 1.49. The minimum absolute atomic E-state index is 0.0401. The summed E-state index contributed by atoms with van der Waals surface area (Å²) in [6.07, 6.45) is -2.52. The number of aromatic nitrogens is 2. The van der Waals surface area contributed by atoms with E-state index in [1.807, 2.05) is 0 Å². The van der Waals surface area contributed by atoms with Crippen molar-refractivity contribution in [1.82, 2.24) is 14.9 Å². The van der Waals surface area contributed by atoms with Gasteiger partial charge >= 0.3 is 24.2 Å². The number of fused-ring (bicyclic) bond motifs is 4. The second-order valence-corrected chi connectivity index (χ2v) is 15.1. The molecule has 2 aliphatic rings. The normalized spacial score (nSPS) is 17.2. The summed E-state index contributed by atoms with van der Waals surface area (Å²) < 4.78 is 94.6. The molecule has 2 bridgehead atoms. The first kappa shape index (κ1) is 40.5. The van der Waals surface area contributed by atoms with E-state index in [0.717, 1.165) is 0 Å². The number of nitrogens with zero attached hydrogens (tertiary/aromatic N) is 4. The van der Waals surface area contributed by atoms with E-state index < -0.39 is 48.1 Å². The van der Waals surface area contributed by atoms with Crippen LogP contribution in [0.5, 0.6) is 11.8 Å². The van der Waals surface area contributed by atoms with Gasteiger partial charge in [0.05, 0.1) is 12.1 Å². The van der Waals surface area contributed by atoms with Gasteiger partial charge in [-0.3, -0.25) is 9.69 Å². The van der Waals surface area contributed by atoms with Crippen molar-refractivity contribution in [3.8, 4) is 22.9 Å². The Morgan fingerprint density at radius 3 is 2.34 bits per heavy atom. The fourth-order valence-corrected chi connectivity index (χ4v) is 7.52. The SMILES string of the molecule is COCOc1cc(-c2c(N)cc3c(N4C[C@H]5CC[C@@H](C4)N5C(=O)OC(C)(C)C)nc(OCC(F)(F)F)nc3c2F)c2c(CCCCCC(=O)O)c(F)ccc2c1. The van der Waals surface area contributed by atoms with E-state index in [-0.39, 0.29) is 89.7 Å². The summed E-state index contributed by atoms with van der Waals surface area (Å²) in [5, 5.41) is 9.92. The van der Waals surface area contributed by atoms with E-state index in [1.165, 1.54) is 31.4 Å². The minimum Gasteiger partial charge on any atom is -0.481 e. The first-order valence-electron chi connectivity index (χ1n) is 18.3. The van der Waals surface area contributed by atoms with Crippen LogP contribution in [0.4, 0.5) is 38.3 Å². The highest BCUT2D eigenvalue weighted by atomic mass is 19.4. The van der Waals surface area contributed by atoms with Crippen molar-refractivity contribution >= 4 is 45.2 Å². The average molecular weight is 790 g/mol. The number of hydrogen-bond acceptors (Lipinski definition) is 10. The van der Waals surface area contributed by atoms with E-state index in [2.05, 4.69) is 9.97 Å². The number of rotatable bonds is 13. The van der Waals surface area contributed by atoms with Crippen molar-refractivity contribution in [3.05, 3.63) is 47.5 Å². The van der Waals surface area contributed by atoms with Crippen molar-refractivity contribution in [3.63, 3.8) is 0 Å². The van der Waals surface area contributed by atoms with Crippen LogP contribution in [0.15, 0.2) is 30.3 Å². The van der Waals surface area contributed by atoms with Crippen LogP contribution in [0.2, 0.25) is 0 Å². The summed E-state index contributed by atoms with van der Waals surface area (Å²) in [4.78, 5) is 36.1. The van der Waals surface area contributed by atoms with Gasteiger partial charge < -0.3 is 34.7 Å². The number of carboxylic acids is 1. The lowest BCUT2D eigenvalue weighted by atomic mass is 9.90. The molecule has 4 aromatic rings. The molecule has 6 rings (SSSR count). The first-order valence-corrected chi connectivity index (χ1v) is 18.3. The summed E-state index contributed by atoms with van der Waals surface area (Å²) >= 11 is 0. The molecule has 3 heterocycles. The number of halogens is 5. The lowest BCUT2D eigenvalue weighted by Gasteiger charge is -2.42. The maximum atomic E-state index is 17.3. The number of aryl methyl sites for hydroxylation is 1. The molecular formula is C39H44F5N5O7. The van der Waals surface area contributed by atoms with Crippen molar-refractivity contribution < 1.29 is 55.6 Å². The Morgan fingerprint density at radius 2 is 1.70 bits per heavy atom. The summed E-state index contributed by atoms with van der Waals surface area (Å²) in [5.74, 6) is -2.22. The Hall–Kier alpha value is -5.19. The molecule has 0 aliphatic carbocycles. The first-order chi connectivity index (χ1) is 26.4. The number of carbonyl (C=O) groups excluding carboxylic acids is 1. The van der Waals surface area contributed by atoms with Crippen LogP contribution in [0.25, 0.3) is 32.8 Å². The molecule has 17 heteroatoms. The van der Waals surface area contributed by atoms with Gasteiger partial charge in [0.2, 0.25) is 0 Å². The Morgan fingerprint density at radius 1 is 0.982 bits per heavy atom. The van der Waals surface area contributed by atoms with Gasteiger partial charge in [0.25, 0.3) is 0 Å². The van der Waals surface area contributed by atoms with Crippen LogP contribution < -0.4 is 20.1 Å². The number of nitrogens with two attached hydrogens (primary N) is 1. The molecule has 56 heavy (non-hydrogen) atoms. The van der Waals surface area contributed by atoms with Gasteiger partial charge in [-0.15, -0.1) is 0 Å². The van der Waals surface area contributed by atoms with E-state index in [1.54, 1.807) is 36.6 Å². The third kappa shape index (κ3) is 8.92. The van der Waals surface area contributed by atoms with E-state index in [9.17, 15) is 22.8 Å². The zero-order valence-corrected chi connectivity index (χ0v) is 31.5. The molecule has 2 atom stereocenters. The number of anilines is 2. The highest BCUT2D eigenvalue weighted by Crippen LogP contribution is 2.44. The molecule has 12 nitrogen and oxygen atoms in total. The van der Waals surface area contributed by atoms with Gasteiger partial charge in [-0.05, 0) is 99.0 Å². The van der Waals surface area contributed by atoms with Gasteiger partial charge in [0, 0.05) is 43.3 Å². The molecule has 3 aromatic carbocycles. The summed E-state index contributed by atoms with van der Waals surface area (Å²) in [6, 6.07) is 5.95. The van der Waals surface area contributed by atoms with Crippen LogP contribution in [0.3, 0.4) is 0 Å². The number of alkyl halides is 3. The van der Waals surface area contributed by atoms with Crippen LogP contribution in [-0.4, -0.2) is 89.5 Å². The van der Waals surface area contributed by atoms with E-state index >= 15 is 8.78 Å². The number of methoxy groups -OCH3 is 1. The molecule has 302 valence electrons. The molecule has 0 radical (unpaired) electrons. The number of carbonyl (C=O) groups is 2. The fourth-order valence-electron chi connectivity index (χ4n) is 7.52. The number of carboxylic acid groups (broad SMARTS) is 1.